The number of carbonyl (C=O) groups excluding carboxylic acids is 4. The molecule has 0 heterocycles. The monoisotopic (exact) mass is 546 g/mol. The molecule has 2 aromatic carbocycles. The maximum absolute atomic E-state index is 13.3. The molecule has 0 amide bonds. The minimum absolute atomic E-state index is 0.00968. The molecule has 1 aliphatic rings. The summed E-state index contributed by atoms with van der Waals surface area (Å²) in [5.74, 6) is 0.538. The van der Waals surface area contributed by atoms with Crippen molar-refractivity contribution in [2.45, 2.75) is 113 Å². The normalized spacial score (nSPS) is 15.9. The first-order valence-electron chi connectivity index (χ1n) is 15.3. The van der Waals surface area contributed by atoms with E-state index < -0.39 is 0 Å². The molecule has 3 rings (SSSR count). The Hall–Kier alpha value is -2.88. The van der Waals surface area contributed by atoms with E-state index in [1.54, 1.807) is 0 Å². The molecule has 0 fully saturated rings. The molecule has 40 heavy (non-hydrogen) atoms. The standard InChI is InChI=1S/C33H42O4.C3H8/c1-6-8-27(30(7-2)31(36)15-22(4)34)16-25-17-28-14-13-26(23(5)33(28)32(37)19-25)20-29(35)18-24-11-9-21(3)10-12-24;1-3-2/h9-14,25,27,30H,6-8,15-20H2,1-5H3;3H2,1-2H3. The lowest BCUT2D eigenvalue weighted by molar-refractivity contribution is -0.130. The number of ketones is 4. The zero-order valence-electron chi connectivity index (χ0n) is 25.9. The average molecular weight is 547 g/mol. The van der Waals surface area contributed by atoms with Crippen LogP contribution in [0.4, 0.5) is 0 Å². The second-order valence-electron chi connectivity index (χ2n) is 11.8. The van der Waals surface area contributed by atoms with E-state index in [0.717, 1.165) is 59.9 Å². The second kappa shape index (κ2) is 16.4. The fourth-order valence-electron chi connectivity index (χ4n) is 6.17. The highest BCUT2D eigenvalue weighted by atomic mass is 16.1. The van der Waals surface area contributed by atoms with E-state index in [9.17, 15) is 19.2 Å². The van der Waals surface area contributed by atoms with Crippen LogP contribution in [-0.4, -0.2) is 23.1 Å². The van der Waals surface area contributed by atoms with Gasteiger partial charge in [-0.15, -0.1) is 0 Å². The first-order chi connectivity index (χ1) is 19.0. The van der Waals surface area contributed by atoms with Gasteiger partial charge in [0.15, 0.2) is 5.78 Å². The maximum atomic E-state index is 13.3. The summed E-state index contributed by atoms with van der Waals surface area (Å²) in [5, 5.41) is 0. The minimum atomic E-state index is -0.121. The van der Waals surface area contributed by atoms with Crippen LogP contribution < -0.4 is 0 Å². The third-order valence-electron chi connectivity index (χ3n) is 7.98. The van der Waals surface area contributed by atoms with Crippen molar-refractivity contribution in [3.63, 3.8) is 0 Å². The molecular formula is C36H50O4. The molecule has 4 heteroatoms. The van der Waals surface area contributed by atoms with Crippen molar-refractivity contribution in [3.8, 4) is 0 Å². The number of benzene rings is 2. The lowest BCUT2D eigenvalue weighted by Crippen LogP contribution is -2.30. The number of rotatable bonds is 13. The molecule has 3 unspecified atom stereocenters. The van der Waals surface area contributed by atoms with Crippen LogP contribution in [0.15, 0.2) is 36.4 Å². The maximum Gasteiger partial charge on any atom is 0.163 e. The predicted molar refractivity (Wildman–Crippen MR) is 164 cm³/mol. The van der Waals surface area contributed by atoms with Crippen molar-refractivity contribution >= 4 is 23.1 Å². The molecule has 4 nitrogen and oxygen atoms in total. The van der Waals surface area contributed by atoms with E-state index in [0.29, 0.717) is 19.3 Å². The number of hydrogen-bond donors (Lipinski definition) is 0. The van der Waals surface area contributed by atoms with Gasteiger partial charge in [-0.3, -0.25) is 19.2 Å². The van der Waals surface area contributed by atoms with E-state index in [2.05, 4.69) is 20.8 Å². The highest BCUT2D eigenvalue weighted by Crippen LogP contribution is 2.37. The summed E-state index contributed by atoms with van der Waals surface area (Å²) in [4.78, 5) is 50.5. The van der Waals surface area contributed by atoms with Gasteiger partial charge in [-0.2, -0.15) is 0 Å². The van der Waals surface area contributed by atoms with Gasteiger partial charge in [0, 0.05) is 30.7 Å². The van der Waals surface area contributed by atoms with Crippen molar-refractivity contribution in [1.29, 1.82) is 0 Å². The van der Waals surface area contributed by atoms with Gasteiger partial charge < -0.3 is 0 Å². The van der Waals surface area contributed by atoms with Crippen molar-refractivity contribution in [2.75, 3.05) is 0 Å². The second-order valence-corrected chi connectivity index (χ2v) is 11.8. The average Bonchev–Trinajstić information content (AvgIpc) is 2.87. The summed E-state index contributed by atoms with van der Waals surface area (Å²) in [7, 11) is 0. The molecule has 0 bridgehead atoms. The van der Waals surface area contributed by atoms with Gasteiger partial charge in [0.25, 0.3) is 0 Å². The molecule has 2 aromatic rings. The topological polar surface area (TPSA) is 68.3 Å². The summed E-state index contributed by atoms with van der Waals surface area (Å²) >= 11 is 0. The molecule has 0 spiro atoms. The van der Waals surface area contributed by atoms with Gasteiger partial charge >= 0.3 is 0 Å². The Morgan fingerprint density at radius 1 is 0.900 bits per heavy atom. The first kappa shape index (κ1) is 33.3. The zero-order valence-corrected chi connectivity index (χ0v) is 25.9. The SMILES string of the molecule is CCC.CCCC(CC1CC(=O)c2c(ccc(CC(=O)Cc3ccc(C)cc3)c2C)C1)C(CC)C(=O)CC(C)=O. The molecule has 218 valence electrons. The van der Waals surface area contributed by atoms with E-state index in [1.165, 1.54) is 18.9 Å². The van der Waals surface area contributed by atoms with Crippen LogP contribution in [0.25, 0.3) is 0 Å². The number of hydrogen-bond acceptors (Lipinski definition) is 4. The van der Waals surface area contributed by atoms with Crippen LogP contribution in [-0.2, 0) is 33.6 Å². The molecule has 1 aliphatic carbocycles. The smallest absolute Gasteiger partial charge is 0.163 e. The summed E-state index contributed by atoms with van der Waals surface area (Å²) in [6.07, 6.45) is 6.75. The fraction of sp³-hybridized carbons (Fsp3) is 0.556. The minimum Gasteiger partial charge on any atom is -0.300 e. The summed E-state index contributed by atoms with van der Waals surface area (Å²) in [6.45, 7) is 13.9. The van der Waals surface area contributed by atoms with E-state index in [1.807, 2.05) is 57.2 Å². The number of carbonyl (C=O) groups is 4. The Kier molecular flexibility index (Phi) is 13.7. The van der Waals surface area contributed by atoms with E-state index in [-0.39, 0.29) is 47.3 Å². The predicted octanol–water partition coefficient (Wildman–Crippen LogP) is 8.20. The molecule has 0 N–H and O–H groups in total. The summed E-state index contributed by atoms with van der Waals surface area (Å²) in [6, 6.07) is 12.1. The van der Waals surface area contributed by atoms with Crippen molar-refractivity contribution in [1.82, 2.24) is 0 Å². The third-order valence-corrected chi connectivity index (χ3v) is 7.98. The number of fused-ring (bicyclic) bond motifs is 1. The van der Waals surface area contributed by atoms with E-state index in [4.69, 9.17) is 0 Å². The van der Waals surface area contributed by atoms with Gasteiger partial charge in [0.1, 0.15) is 17.3 Å². The van der Waals surface area contributed by atoms with Gasteiger partial charge in [-0.1, -0.05) is 88.9 Å². The Balaban J connectivity index is 0.00000178. The highest BCUT2D eigenvalue weighted by Gasteiger charge is 2.33. The van der Waals surface area contributed by atoms with E-state index >= 15 is 0 Å². The third kappa shape index (κ3) is 9.64. The highest BCUT2D eigenvalue weighted by molar-refractivity contribution is 6.01. The Bertz CT molecular complexity index is 1160. The quantitative estimate of drug-likeness (QED) is 0.237. The molecular weight excluding hydrogens is 496 g/mol. The van der Waals surface area contributed by atoms with Crippen LogP contribution in [0.3, 0.4) is 0 Å². The Morgan fingerprint density at radius 2 is 1.55 bits per heavy atom. The summed E-state index contributed by atoms with van der Waals surface area (Å²) in [5.41, 5.74) is 5.92. The Morgan fingerprint density at radius 3 is 2.12 bits per heavy atom. The zero-order chi connectivity index (χ0) is 29.8. The molecule has 0 saturated heterocycles. The summed E-state index contributed by atoms with van der Waals surface area (Å²) < 4.78 is 0. The van der Waals surface area contributed by atoms with Crippen LogP contribution in [0.5, 0.6) is 0 Å². The van der Waals surface area contributed by atoms with Gasteiger partial charge in [0.2, 0.25) is 0 Å². The number of Topliss-reactive ketones (excluding diaryl/α,β-unsaturated/α-hetero) is 4. The van der Waals surface area contributed by atoms with Gasteiger partial charge in [0.05, 0.1) is 6.42 Å². The lowest BCUT2D eigenvalue weighted by atomic mass is 9.72. The van der Waals surface area contributed by atoms with Crippen molar-refractivity contribution in [2.24, 2.45) is 17.8 Å². The lowest BCUT2D eigenvalue weighted by Gasteiger charge is -2.32. The van der Waals surface area contributed by atoms with Gasteiger partial charge in [-0.05, 0) is 74.1 Å². The van der Waals surface area contributed by atoms with Crippen molar-refractivity contribution < 1.29 is 19.2 Å². The van der Waals surface area contributed by atoms with Crippen LogP contribution in [0, 0.1) is 31.6 Å². The van der Waals surface area contributed by atoms with Gasteiger partial charge in [-0.25, -0.2) is 0 Å². The van der Waals surface area contributed by atoms with Crippen LogP contribution in [0.2, 0.25) is 0 Å². The largest absolute Gasteiger partial charge is 0.300 e. The number of aryl methyl sites for hydroxylation is 1. The fourth-order valence-corrected chi connectivity index (χ4v) is 6.17. The molecule has 0 radical (unpaired) electrons. The van der Waals surface area contributed by atoms with Crippen LogP contribution in [0.1, 0.15) is 118 Å². The first-order valence-corrected chi connectivity index (χ1v) is 15.3. The molecule has 0 saturated carbocycles. The van der Waals surface area contributed by atoms with Crippen LogP contribution >= 0.6 is 0 Å². The molecule has 3 atom stereocenters. The van der Waals surface area contributed by atoms with Crippen molar-refractivity contribution in [3.05, 3.63) is 69.8 Å². The molecule has 0 aromatic heterocycles. The molecule has 0 aliphatic heterocycles. The Labute approximate surface area is 242 Å².